The van der Waals surface area contributed by atoms with Crippen molar-refractivity contribution in [1.29, 1.82) is 0 Å². The van der Waals surface area contributed by atoms with Crippen molar-refractivity contribution in [2.45, 2.75) is 6.92 Å². The van der Waals surface area contributed by atoms with E-state index in [4.69, 9.17) is 4.74 Å². The Kier molecular flexibility index (Phi) is 4.52. The highest BCUT2D eigenvalue weighted by atomic mass is 16.5. The van der Waals surface area contributed by atoms with E-state index >= 15 is 0 Å². The molecular formula is C19H17N3O2. The number of pyridine rings is 1. The lowest BCUT2D eigenvalue weighted by Gasteiger charge is -2.06. The van der Waals surface area contributed by atoms with Gasteiger partial charge in [0.25, 0.3) is 5.91 Å². The summed E-state index contributed by atoms with van der Waals surface area (Å²) in [5.41, 5.74) is 4.69. The van der Waals surface area contributed by atoms with E-state index in [2.05, 4.69) is 15.5 Å². The van der Waals surface area contributed by atoms with E-state index in [0.29, 0.717) is 5.56 Å². The van der Waals surface area contributed by atoms with Gasteiger partial charge in [-0.3, -0.25) is 9.78 Å². The molecule has 2 aromatic carbocycles. The van der Waals surface area contributed by atoms with Crippen LogP contribution in [0.5, 0.6) is 5.75 Å². The Bertz CT molecular complexity index is 905. The average Bonchev–Trinajstić information content (AvgIpc) is 2.65. The van der Waals surface area contributed by atoms with Crippen LogP contribution in [0.4, 0.5) is 0 Å². The molecule has 0 radical (unpaired) electrons. The lowest BCUT2D eigenvalue weighted by molar-refractivity contribution is 0.0954. The van der Waals surface area contributed by atoms with E-state index in [1.165, 1.54) is 6.20 Å². The Labute approximate surface area is 140 Å². The predicted octanol–water partition coefficient (Wildman–Crippen LogP) is 3.40. The molecule has 0 aliphatic carbocycles. The third-order valence-corrected chi connectivity index (χ3v) is 3.71. The molecule has 3 aromatic rings. The number of aromatic nitrogens is 1. The Morgan fingerprint density at radius 1 is 1.08 bits per heavy atom. The van der Waals surface area contributed by atoms with Gasteiger partial charge in [0.05, 0.1) is 18.4 Å². The SMILES string of the molecule is COc1ccc2cc(/C(C)=N/NC(=O)c3cccnc3)ccc2c1. The number of nitrogens with zero attached hydrogens (tertiary/aromatic N) is 2. The highest BCUT2D eigenvalue weighted by molar-refractivity contribution is 6.03. The molecule has 0 spiro atoms. The summed E-state index contributed by atoms with van der Waals surface area (Å²) in [7, 11) is 1.65. The minimum absolute atomic E-state index is 0.284. The fourth-order valence-corrected chi connectivity index (χ4v) is 2.34. The summed E-state index contributed by atoms with van der Waals surface area (Å²) in [6, 6.07) is 15.3. The molecule has 5 heteroatoms. The van der Waals surface area contributed by atoms with Gasteiger partial charge in [0.2, 0.25) is 0 Å². The summed E-state index contributed by atoms with van der Waals surface area (Å²) in [6.07, 6.45) is 3.12. The Morgan fingerprint density at radius 3 is 2.62 bits per heavy atom. The van der Waals surface area contributed by atoms with E-state index in [9.17, 15) is 4.79 Å². The first-order valence-electron chi connectivity index (χ1n) is 7.50. The van der Waals surface area contributed by atoms with Crippen molar-refractivity contribution in [3.8, 4) is 5.75 Å². The number of methoxy groups -OCH3 is 1. The molecule has 0 atom stereocenters. The topological polar surface area (TPSA) is 63.6 Å². The first-order chi connectivity index (χ1) is 11.7. The quantitative estimate of drug-likeness (QED) is 0.592. The summed E-state index contributed by atoms with van der Waals surface area (Å²) >= 11 is 0. The monoisotopic (exact) mass is 319 g/mol. The number of benzene rings is 2. The van der Waals surface area contributed by atoms with Crippen LogP contribution in [0.15, 0.2) is 66.0 Å². The number of hydrazone groups is 1. The molecule has 0 saturated heterocycles. The van der Waals surface area contributed by atoms with Crippen molar-refractivity contribution in [1.82, 2.24) is 10.4 Å². The van der Waals surface area contributed by atoms with Gasteiger partial charge < -0.3 is 4.74 Å². The van der Waals surface area contributed by atoms with Crippen molar-refractivity contribution < 1.29 is 9.53 Å². The lowest BCUT2D eigenvalue weighted by atomic mass is 10.0. The van der Waals surface area contributed by atoms with Crippen molar-refractivity contribution in [2.75, 3.05) is 7.11 Å². The number of carbonyl (C=O) groups is 1. The normalized spacial score (nSPS) is 11.3. The number of fused-ring (bicyclic) bond motifs is 1. The van der Waals surface area contributed by atoms with Crippen LogP contribution in [0.25, 0.3) is 10.8 Å². The van der Waals surface area contributed by atoms with E-state index in [0.717, 1.165) is 27.8 Å². The molecule has 0 fully saturated rings. The van der Waals surface area contributed by atoms with Crippen molar-refractivity contribution in [3.63, 3.8) is 0 Å². The minimum Gasteiger partial charge on any atom is -0.497 e. The van der Waals surface area contributed by atoms with Gasteiger partial charge in [0, 0.05) is 12.4 Å². The number of hydrogen-bond donors (Lipinski definition) is 1. The van der Waals surface area contributed by atoms with E-state index < -0.39 is 0 Å². The van der Waals surface area contributed by atoms with Gasteiger partial charge in [0.15, 0.2) is 0 Å². The molecule has 5 nitrogen and oxygen atoms in total. The largest absolute Gasteiger partial charge is 0.497 e. The van der Waals surface area contributed by atoms with E-state index in [1.54, 1.807) is 25.4 Å². The summed E-state index contributed by atoms with van der Waals surface area (Å²) in [5, 5.41) is 6.35. The van der Waals surface area contributed by atoms with Crippen LogP contribution in [0.3, 0.4) is 0 Å². The van der Waals surface area contributed by atoms with Crippen molar-refractivity contribution in [3.05, 3.63) is 72.1 Å². The fraction of sp³-hybridized carbons (Fsp3) is 0.105. The zero-order chi connectivity index (χ0) is 16.9. The zero-order valence-electron chi connectivity index (χ0n) is 13.5. The molecule has 1 amide bonds. The Hall–Kier alpha value is -3.21. The maximum atomic E-state index is 12.0. The minimum atomic E-state index is -0.284. The van der Waals surface area contributed by atoms with Crippen LogP contribution < -0.4 is 10.2 Å². The smallest absolute Gasteiger partial charge is 0.272 e. The van der Waals surface area contributed by atoms with Crippen LogP contribution in [0, 0.1) is 0 Å². The fourth-order valence-electron chi connectivity index (χ4n) is 2.34. The molecule has 0 aliphatic heterocycles. The molecule has 120 valence electrons. The van der Waals surface area contributed by atoms with Crippen LogP contribution in [-0.2, 0) is 0 Å². The third-order valence-electron chi connectivity index (χ3n) is 3.71. The van der Waals surface area contributed by atoms with E-state index in [1.807, 2.05) is 43.3 Å². The Balaban J connectivity index is 1.80. The first-order valence-corrected chi connectivity index (χ1v) is 7.50. The second-order valence-electron chi connectivity index (χ2n) is 5.31. The van der Waals surface area contributed by atoms with Crippen molar-refractivity contribution in [2.24, 2.45) is 5.10 Å². The van der Waals surface area contributed by atoms with Gasteiger partial charge in [-0.25, -0.2) is 5.43 Å². The number of rotatable bonds is 4. The van der Waals surface area contributed by atoms with Gasteiger partial charge >= 0.3 is 0 Å². The number of carbonyl (C=O) groups excluding carboxylic acids is 1. The molecule has 0 unspecified atom stereocenters. The summed E-state index contributed by atoms with van der Waals surface area (Å²) in [4.78, 5) is 15.9. The summed E-state index contributed by atoms with van der Waals surface area (Å²) in [6.45, 7) is 1.86. The summed E-state index contributed by atoms with van der Waals surface area (Å²) in [5.74, 6) is 0.539. The summed E-state index contributed by atoms with van der Waals surface area (Å²) < 4.78 is 5.23. The maximum absolute atomic E-state index is 12.0. The molecule has 1 aromatic heterocycles. The second-order valence-corrected chi connectivity index (χ2v) is 5.31. The first kappa shape index (κ1) is 15.7. The molecule has 0 aliphatic rings. The van der Waals surface area contributed by atoms with Gasteiger partial charge in [0.1, 0.15) is 5.75 Å². The molecule has 24 heavy (non-hydrogen) atoms. The second kappa shape index (κ2) is 6.91. The average molecular weight is 319 g/mol. The highest BCUT2D eigenvalue weighted by Crippen LogP contribution is 2.22. The highest BCUT2D eigenvalue weighted by Gasteiger charge is 2.05. The molecule has 0 bridgehead atoms. The molecular weight excluding hydrogens is 302 g/mol. The Morgan fingerprint density at radius 2 is 1.88 bits per heavy atom. The van der Waals surface area contributed by atoms with Gasteiger partial charge in [-0.15, -0.1) is 0 Å². The maximum Gasteiger partial charge on any atom is 0.272 e. The molecule has 3 rings (SSSR count). The van der Waals surface area contributed by atoms with Gasteiger partial charge in [-0.05, 0) is 53.6 Å². The van der Waals surface area contributed by atoms with Gasteiger partial charge in [-0.1, -0.05) is 18.2 Å². The number of amides is 1. The van der Waals surface area contributed by atoms with Crippen LogP contribution in [-0.4, -0.2) is 23.7 Å². The third kappa shape index (κ3) is 3.41. The van der Waals surface area contributed by atoms with Crippen molar-refractivity contribution >= 4 is 22.4 Å². The van der Waals surface area contributed by atoms with Crippen LogP contribution in [0.1, 0.15) is 22.8 Å². The molecule has 1 heterocycles. The van der Waals surface area contributed by atoms with Gasteiger partial charge in [-0.2, -0.15) is 5.10 Å². The zero-order valence-corrected chi connectivity index (χ0v) is 13.5. The van der Waals surface area contributed by atoms with Crippen LogP contribution >= 0.6 is 0 Å². The standard InChI is InChI=1S/C19H17N3O2/c1-13(21-22-19(23)17-4-3-9-20-12-17)14-5-6-16-11-18(24-2)8-7-15(16)10-14/h3-12H,1-2H3,(H,22,23)/b21-13+. The van der Waals surface area contributed by atoms with Crippen LogP contribution in [0.2, 0.25) is 0 Å². The number of nitrogens with one attached hydrogen (secondary N) is 1. The lowest BCUT2D eigenvalue weighted by Crippen LogP contribution is -2.19. The number of ether oxygens (including phenoxy) is 1. The van der Waals surface area contributed by atoms with E-state index in [-0.39, 0.29) is 5.91 Å². The molecule has 0 saturated carbocycles. The number of hydrogen-bond acceptors (Lipinski definition) is 4. The molecule has 1 N–H and O–H groups in total. The predicted molar refractivity (Wildman–Crippen MR) is 94.4 cm³/mol.